The summed E-state index contributed by atoms with van der Waals surface area (Å²) in [5.74, 6) is -62.3. The first-order chi connectivity index (χ1) is 13.2. The van der Waals surface area contributed by atoms with Gasteiger partial charge in [-0.3, -0.25) is 0 Å². The van der Waals surface area contributed by atoms with Gasteiger partial charge in [0.2, 0.25) is 0 Å². The first kappa shape index (κ1) is 34.7. The minimum absolute atomic E-state index is 0. The van der Waals surface area contributed by atoms with Gasteiger partial charge in [-0.2, -0.15) is 83.4 Å². The normalized spacial score (nSPS) is 16.5. The van der Waals surface area contributed by atoms with Gasteiger partial charge in [0.25, 0.3) is 0 Å². The van der Waals surface area contributed by atoms with Gasteiger partial charge in [-0.25, -0.2) is 8.42 Å². The molecule has 3 nitrogen and oxygen atoms in total. The van der Waals surface area contributed by atoms with E-state index < -0.39 is 63.0 Å². The number of alkyl halides is 19. The second-order valence-electron chi connectivity index (χ2n) is 5.49. The van der Waals surface area contributed by atoms with Crippen LogP contribution in [0.4, 0.5) is 83.4 Å². The van der Waals surface area contributed by atoms with Crippen molar-refractivity contribution in [3.8, 4) is 0 Å². The maximum absolute atomic E-state index is 13.2. The van der Waals surface area contributed by atoms with Crippen LogP contribution in [-0.2, 0) is 10.1 Å². The predicted molar refractivity (Wildman–Crippen MR) is 55.3 cm³/mol. The molecule has 33 heavy (non-hydrogen) atoms. The van der Waals surface area contributed by atoms with Crippen molar-refractivity contribution >= 4 is 10.1 Å². The van der Waals surface area contributed by atoms with Crippen molar-refractivity contribution in [2.45, 2.75) is 52.9 Å². The summed E-state index contributed by atoms with van der Waals surface area (Å²) in [5.41, 5.74) is 0. The van der Waals surface area contributed by atoms with Crippen LogP contribution >= 0.6 is 0 Å². The van der Waals surface area contributed by atoms with Gasteiger partial charge in [0.15, 0.2) is 10.1 Å². The Morgan fingerprint density at radius 1 is 0.394 bits per heavy atom. The van der Waals surface area contributed by atoms with Gasteiger partial charge in [0, 0.05) is 0 Å². The largest absolute Gasteiger partial charge is 1.00 e. The number of rotatable bonds is 8. The third-order valence-corrected chi connectivity index (χ3v) is 4.29. The summed E-state index contributed by atoms with van der Waals surface area (Å²) in [5, 5.41) is -8.07. The van der Waals surface area contributed by atoms with Crippen LogP contribution in [0.15, 0.2) is 0 Å². The van der Waals surface area contributed by atoms with Crippen molar-refractivity contribution in [1.82, 2.24) is 0 Å². The Balaban J connectivity index is 0. The van der Waals surface area contributed by atoms with E-state index in [4.69, 9.17) is 0 Å². The van der Waals surface area contributed by atoms with Gasteiger partial charge >= 0.3 is 82.4 Å². The van der Waals surface area contributed by atoms with E-state index in [0.717, 1.165) is 0 Å². The van der Waals surface area contributed by atoms with Crippen LogP contribution in [0, 0.1) is 0 Å². The number of halogens is 19. The van der Waals surface area contributed by atoms with Crippen LogP contribution in [0.1, 0.15) is 0 Å². The van der Waals surface area contributed by atoms with Crippen molar-refractivity contribution < 1.29 is 126 Å². The minimum atomic E-state index is -9.17. The van der Waals surface area contributed by atoms with E-state index >= 15 is 0 Å². The Bertz CT molecular complexity index is 828. The molecule has 24 heteroatoms. The molecule has 0 aliphatic rings. The molecular weight excluding hydrogens is 572 g/mol. The summed E-state index contributed by atoms with van der Waals surface area (Å²) in [6.07, 6.45) is -8.00. The van der Waals surface area contributed by atoms with Crippen LogP contribution < -0.4 is 29.6 Å². The molecule has 0 rings (SSSR count). The second kappa shape index (κ2) is 8.32. The third-order valence-electron chi connectivity index (χ3n) is 3.40. The first-order valence-electron chi connectivity index (χ1n) is 6.29. The maximum Gasteiger partial charge on any atom is 1.00 e. The van der Waals surface area contributed by atoms with Crippen molar-refractivity contribution in [2.75, 3.05) is 0 Å². The fraction of sp³-hybridized carbons (Fsp3) is 1.00. The molecule has 0 fully saturated rings. The van der Waals surface area contributed by atoms with Crippen LogP contribution in [0.3, 0.4) is 0 Å². The van der Waals surface area contributed by atoms with Crippen molar-refractivity contribution in [3.63, 3.8) is 0 Å². The molecule has 0 atom stereocenters. The third kappa shape index (κ3) is 4.26. The summed E-state index contributed by atoms with van der Waals surface area (Å²) in [7, 11) is -8.25. The molecule has 194 valence electrons. The molecule has 0 aromatic carbocycles. The van der Waals surface area contributed by atoms with Gasteiger partial charge in [0.1, 0.15) is 0 Å². The topological polar surface area (TPSA) is 57.2 Å². The van der Waals surface area contributed by atoms with Crippen molar-refractivity contribution in [1.29, 1.82) is 0 Å². The molecule has 0 saturated carbocycles. The van der Waals surface area contributed by atoms with E-state index in [9.17, 15) is 96.4 Å². The average Bonchev–Trinajstić information content (AvgIpc) is 2.51. The molecule has 0 unspecified atom stereocenters. The smallest absolute Gasteiger partial charge is 0.743 e. The number of hydrogen-bond acceptors (Lipinski definition) is 3. The molecule has 0 radical (unpaired) electrons. The average molecular weight is 572 g/mol. The molecule has 0 heterocycles. The van der Waals surface area contributed by atoms with Crippen molar-refractivity contribution in [2.24, 2.45) is 0 Å². The fourth-order valence-corrected chi connectivity index (χ4v) is 1.95. The molecule has 0 aliphatic heterocycles. The van der Waals surface area contributed by atoms with Crippen LogP contribution in [-0.4, -0.2) is 65.9 Å². The van der Waals surface area contributed by atoms with E-state index in [0.29, 0.717) is 0 Å². The molecule has 0 amide bonds. The van der Waals surface area contributed by atoms with E-state index in [2.05, 4.69) is 0 Å². The molecule has 0 N–H and O–H groups in total. The molecule has 0 saturated heterocycles. The summed E-state index contributed by atoms with van der Waals surface area (Å²) < 4.78 is 272. The molecule has 0 aromatic heterocycles. The molecule has 0 aromatic rings. The quantitative estimate of drug-likeness (QED) is 0.255. The van der Waals surface area contributed by atoms with Crippen LogP contribution in [0.2, 0.25) is 0 Å². The maximum atomic E-state index is 13.2. The first-order valence-corrected chi connectivity index (χ1v) is 7.70. The molecule has 0 spiro atoms. The Hall–Kier alpha value is -0.420. The SMILES string of the molecule is O=S(=O)([O-])C(F)(F)C(F)(F)C(F)(F)C(F)(F)C(F)(F)C(F)(F)C(F)(F)C(F)(F)C(F)(F)F.[Na+]. The Morgan fingerprint density at radius 2 is 0.576 bits per heavy atom. The Labute approximate surface area is 189 Å². The zero-order valence-corrected chi connectivity index (χ0v) is 17.1. The van der Waals surface area contributed by atoms with E-state index in [-0.39, 0.29) is 29.6 Å². The summed E-state index contributed by atoms with van der Waals surface area (Å²) >= 11 is 0. The van der Waals surface area contributed by atoms with Gasteiger partial charge < -0.3 is 4.55 Å². The molecule has 0 aliphatic carbocycles. The van der Waals surface area contributed by atoms with E-state index in [1.54, 1.807) is 0 Å². The summed E-state index contributed by atoms with van der Waals surface area (Å²) in [6.45, 7) is 0. The standard InChI is InChI=1S/C9HF19O3S.Na/c10-1(11,2(12,13)4(16,17)6(20,21)8(24,25)26)3(14,15)5(18,19)7(22,23)9(27,28)32(29,30)31;/h(H,29,30,31);/q;+1/p-1. The molecular formula is C9F19NaO3S. The predicted octanol–water partition coefficient (Wildman–Crippen LogP) is 2.14. The zero-order chi connectivity index (χ0) is 27.0. The van der Waals surface area contributed by atoms with E-state index in [1.807, 2.05) is 0 Å². The van der Waals surface area contributed by atoms with E-state index in [1.165, 1.54) is 0 Å². The van der Waals surface area contributed by atoms with Gasteiger partial charge in [-0.15, -0.1) is 0 Å². The Kier molecular flexibility index (Phi) is 8.76. The Morgan fingerprint density at radius 3 is 0.758 bits per heavy atom. The van der Waals surface area contributed by atoms with Gasteiger partial charge in [0.05, 0.1) is 0 Å². The van der Waals surface area contributed by atoms with Crippen LogP contribution in [0.25, 0.3) is 0 Å². The van der Waals surface area contributed by atoms with Gasteiger partial charge in [-0.1, -0.05) is 0 Å². The minimum Gasteiger partial charge on any atom is -0.743 e. The van der Waals surface area contributed by atoms with Gasteiger partial charge in [-0.05, 0) is 0 Å². The summed E-state index contributed by atoms with van der Waals surface area (Å²) in [6, 6.07) is 0. The molecule has 0 bridgehead atoms. The second-order valence-corrected chi connectivity index (χ2v) is 6.91. The number of hydrogen-bond donors (Lipinski definition) is 0. The monoisotopic (exact) mass is 572 g/mol. The van der Waals surface area contributed by atoms with Crippen LogP contribution in [0.5, 0.6) is 0 Å². The summed E-state index contributed by atoms with van der Waals surface area (Å²) in [4.78, 5) is 0. The fourth-order valence-electron chi connectivity index (χ4n) is 1.50. The zero-order valence-electron chi connectivity index (χ0n) is 14.3. The van der Waals surface area contributed by atoms with Crippen molar-refractivity contribution in [3.05, 3.63) is 0 Å².